The van der Waals surface area contributed by atoms with Gasteiger partial charge >= 0.3 is 0 Å². The van der Waals surface area contributed by atoms with Crippen molar-refractivity contribution < 1.29 is 8.42 Å². The summed E-state index contributed by atoms with van der Waals surface area (Å²) in [5, 5.41) is 0.599. The van der Waals surface area contributed by atoms with Crippen molar-refractivity contribution in [3.63, 3.8) is 0 Å². The summed E-state index contributed by atoms with van der Waals surface area (Å²) < 4.78 is 27.9. The van der Waals surface area contributed by atoms with Crippen molar-refractivity contribution in [1.82, 2.24) is 0 Å². The Labute approximate surface area is 136 Å². The van der Waals surface area contributed by atoms with Gasteiger partial charge in [-0.25, -0.2) is 8.42 Å². The molecule has 0 atom stereocenters. The van der Waals surface area contributed by atoms with Crippen LogP contribution < -0.4 is 4.72 Å². The fourth-order valence-corrected chi connectivity index (χ4v) is 3.93. The molecule has 0 aliphatic heterocycles. The van der Waals surface area contributed by atoms with E-state index in [-0.39, 0.29) is 9.92 Å². The fraction of sp³-hybridized carbons (Fsp3) is 0.0769. The lowest BCUT2D eigenvalue weighted by Gasteiger charge is -2.12. The number of benzene rings is 2. The van der Waals surface area contributed by atoms with Gasteiger partial charge in [0.15, 0.2) is 0 Å². The van der Waals surface area contributed by atoms with Gasteiger partial charge in [0.2, 0.25) is 0 Å². The van der Waals surface area contributed by atoms with Crippen molar-refractivity contribution in [3.8, 4) is 0 Å². The van der Waals surface area contributed by atoms with Crippen molar-refractivity contribution in [2.75, 3.05) is 4.72 Å². The molecule has 0 heterocycles. The second kappa shape index (κ2) is 5.93. The zero-order valence-electron chi connectivity index (χ0n) is 10.3. The predicted octanol–water partition coefficient (Wildman–Crippen LogP) is 4.87. The fourth-order valence-electron chi connectivity index (χ4n) is 1.60. The third-order valence-corrected chi connectivity index (χ3v) is 5.20. The number of sulfonamides is 1. The largest absolute Gasteiger partial charge is 0.279 e. The summed E-state index contributed by atoms with van der Waals surface area (Å²) in [4.78, 5) is 0.0155. The molecule has 0 aliphatic carbocycles. The predicted molar refractivity (Wildman–Crippen MR) is 86.1 cm³/mol. The summed E-state index contributed by atoms with van der Waals surface area (Å²) in [6.45, 7) is 1.79. The molecule has 0 amide bonds. The van der Waals surface area contributed by atoms with Gasteiger partial charge in [0.05, 0.1) is 10.7 Å². The monoisotopic (exact) mass is 393 g/mol. The molecular formula is C13H10BrCl2NO2S. The van der Waals surface area contributed by atoms with E-state index in [9.17, 15) is 8.42 Å². The van der Waals surface area contributed by atoms with E-state index >= 15 is 0 Å². The molecule has 0 aromatic heterocycles. The summed E-state index contributed by atoms with van der Waals surface area (Å²) >= 11 is 15.1. The van der Waals surface area contributed by atoms with Crippen LogP contribution in [0, 0.1) is 6.92 Å². The molecule has 0 aliphatic rings. The van der Waals surface area contributed by atoms with Crippen LogP contribution in [0.1, 0.15) is 5.56 Å². The molecule has 0 radical (unpaired) electrons. The van der Waals surface area contributed by atoms with Gasteiger partial charge in [-0.15, -0.1) is 0 Å². The molecule has 1 N–H and O–H groups in total. The minimum absolute atomic E-state index is 0.0155. The Morgan fingerprint density at radius 2 is 1.80 bits per heavy atom. The van der Waals surface area contributed by atoms with Crippen molar-refractivity contribution in [1.29, 1.82) is 0 Å². The zero-order valence-corrected chi connectivity index (χ0v) is 14.2. The second-order valence-electron chi connectivity index (χ2n) is 4.14. The Bertz CT molecular complexity index is 763. The second-order valence-corrected chi connectivity index (χ2v) is 7.55. The first-order valence-corrected chi connectivity index (χ1v) is 8.57. The van der Waals surface area contributed by atoms with E-state index < -0.39 is 10.0 Å². The van der Waals surface area contributed by atoms with Gasteiger partial charge in [0.25, 0.3) is 10.0 Å². The van der Waals surface area contributed by atoms with E-state index in [0.717, 1.165) is 5.56 Å². The molecule has 106 valence electrons. The maximum atomic E-state index is 12.3. The number of hydrogen-bond acceptors (Lipinski definition) is 2. The molecule has 3 nitrogen and oxygen atoms in total. The van der Waals surface area contributed by atoms with Gasteiger partial charge in [0.1, 0.15) is 4.90 Å². The van der Waals surface area contributed by atoms with Crippen LogP contribution in [0.15, 0.2) is 45.8 Å². The third kappa shape index (κ3) is 3.47. The van der Waals surface area contributed by atoms with Crippen LogP contribution in [0.25, 0.3) is 0 Å². The van der Waals surface area contributed by atoms with Gasteiger partial charge in [0, 0.05) is 9.50 Å². The van der Waals surface area contributed by atoms with Crippen molar-refractivity contribution >= 4 is 54.8 Å². The Hall–Kier alpha value is -0.750. The van der Waals surface area contributed by atoms with Crippen molar-refractivity contribution in [2.45, 2.75) is 11.8 Å². The standard InChI is InChI=1S/C13H10BrCl2NO2S/c1-8-2-4-10(15)7-12(8)17-20(18,19)13-5-3-9(14)6-11(13)16/h2-7,17H,1H3. The van der Waals surface area contributed by atoms with Crippen LogP contribution in [0.3, 0.4) is 0 Å². The summed E-state index contributed by atoms with van der Waals surface area (Å²) in [6, 6.07) is 9.58. The Kier molecular flexibility index (Phi) is 4.64. The Balaban J connectivity index is 2.43. The first-order chi connectivity index (χ1) is 9.29. The number of halogens is 3. The molecule has 0 fully saturated rings. The molecule has 0 bridgehead atoms. The highest BCUT2D eigenvalue weighted by molar-refractivity contribution is 9.10. The van der Waals surface area contributed by atoms with Gasteiger partial charge in [-0.3, -0.25) is 4.72 Å². The summed E-state index contributed by atoms with van der Waals surface area (Å²) in [5.41, 5.74) is 1.20. The average Bonchev–Trinajstić information content (AvgIpc) is 2.33. The number of anilines is 1. The molecule has 0 saturated carbocycles. The van der Waals surface area contributed by atoms with Gasteiger partial charge in [-0.05, 0) is 42.8 Å². The minimum Gasteiger partial charge on any atom is -0.279 e. The maximum Gasteiger partial charge on any atom is 0.263 e. The molecule has 2 aromatic carbocycles. The van der Waals surface area contributed by atoms with E-state index in [4.69, 9.17) is 23.2 Å². The number of aryl methyl sites for hydroxylation is 1. The normalized spacial score (nSPS) is 11.4. The summed E-state index contributed by atoms with van der Waals surface area (Å²) in [7, 11) is -3.76. The highest BCUT2D eigenvalue weighted by atomic mass is 79.9. The quantitative estimate of drug-likeness (QED) is 0.807. The zero-order chi connectivity index (χ0) is 14.9. The average molecular weight is 395 g/mol. The van der Waals surface area contributed by atoms with Gasteiger partial charge in [-0.2, -0.15) is 0 Å². The lowest BCUT2D eigenvalue weighted by molar-refractivity contribution is 0.601. The van der Waals surface area contributed by atoms with Gasteiger partial charge < -0.3 is 0 Å². The van der Waals surface area contributed by atoms with Crippen LogP contribution in [0.5, 0.6) is 0 Å². The van der Waals surface area contributed by atoms with Crippen LogP contribution >= 0.6 is 39.1 Å². The van der Waals surface area contributed by atoms with E-state index in [1.54, 1.807) is 31.2 Å². The Morgan fingerprint density at radius 1 is 1.10 bits per heavy atom. The lowest BCUT2D eigenvalue weighted by atomic mass is 10.2. The third-order valence-electron chi connectivity index (χ3n) is 2.63. The number of nitrogens with one attached hydrogen (secondary N) is 1. The molecule has 2 rings (SSSR count). The van der Waals surface area contributed by atoms with Crippen LogP contribution in [-0.2, 0) is 10.0 Å². The van der Waals surface area contributed by atoms with E-state index in [0.29, 0.717) is 15.2 Å². The maximum absolute atomic E-state index is 12.3. The summed E-state index contributed by atoms with van der Waals surface area (Å²) in [6.07, 6.45) is 0. The highest BCUT2D eigenvalue weighted by Gasteiger charge is 2.19. The molecular weight excluding hydrogens is 385 g/mol. The first kappa shape index (κ1) is 15.6. The SMILES string of the molecule is Cc1ccc(Cl)cc1NS(=O)(=O)c1ccc(Br)cc1Cl. The number of hydrogen-bond donors (Lipinski definition) is 1. The van der Waals surface area contributed by atoms with Crippen molar-refractivity contribution in [3.05, 3.63) is 56.5 Å². The van der Waals surface area contributed by atoms with Crippen LogP contribution in [-0.4, -0.2) is 8.42 Å². The molecule has 2 aromatic rings. The molecule has 7 heteroatoms. The highest BCUT2D eigenvalue weighted by Crippen LogP contribution is 2.28. The smallest absolute Gasteiger partial charge is 0.263 e. The first-order valence-electron chi connectivity index (χ1n) is 5.53. The Morgan fingerprint density at radius 3 is 2.45 bits per heavy atom. The molecule has 0 unspecified atom stereocenters. The van der Waals surface area contributed by atoms with Crippen molar-refractivity contribution in [2.24, 2.45) is 0 Å². The number of rotatable bonds is 3. The van der Waals surface area contributed by atoms with E-state index in [1.807, 2.05) is 0 Å². The topological polar surface area (TPSA) is 46.2 Å². The summed E-state index contributed by atoms with van der Waals surface area (Å²) in [5.74, 6) is 0. The van der Waals surface area contributed by atoms with E-state index in [1.165, 1.54) is 12.1 Å². The van der Waals surface area contributed by atoms with Crippen LogP contribution in [0.2, 0.25) is 10.0 Å². The molecule has 0 spiro atoms. The van der Waals surface area contributed by atoms with Gasteiger partial charge in [-0.1, -0.05) is 45.2 Å². The molecule has 0 saturated heterocycles. The lowest BCUT2D eigenvalue weighted by Crippen LogP contribution is -2.14. The van der Waals surface area contributed by atoms with E-state index in [2.05, 4.69) is 20.7 Å². The van der Waals surface area contributed by atoms with Crippen LogP contribution in [0.4, 0.5) is 5.69 Å². The molecule has 20 heavy (non-hydrogen) atoms. The minimum atomic E-state index is -3.76.